The number of hydrogen-bond acceptors (Lipinski definition) is 6. The highest BCUT2D eigenvalue weighted by Gasteiger charge is 2.45. The number of methoxy groups -OCH3 is 1. The molecular weight excluding hydrogens is 426 g/mol. The van der Waals surface area contributed by atoms with Gasteiger partial charge in [-0.05, 0) is 50.3 Å². The number of pyridine rings is 1. The molecule has 0 saturated carbocycles. The van der Waals surface area contributed by atoms with E-state index in [1.807, 2.05) is 20.0 Å². The van der Waals surface area contributed by atoms with Crippen LogP contribution in [0.15, 0.2) is 65.0 Å². The summed E-state index contributed by atoms with van der Waals surface area (Å²) in [6, 6.07) is 13.4. The lowest BCUT2D eigenvalue weighted by molar-refractivity contribution is 0.0572. The van der Waals surface area contributed by atoms with Crippen LogP contribution >= 0.6 is 0 Å². The summed E-state index contributed by atoms with van der Waals surface area (Å²) in [6.45, 7) is 5.55. The van der Waals surface area contributed by atoms with E-state index in [9.17, 15) is 0 Å². The summed E-state index contributed by atoms with van der Waals surface area (Å²) >= 11 is 0. The molecule has 1 unspecified atom stereocenters. The van der Waals surface area contributed by atoms with Crippen molar-refractivity contribution >= 4 is 11.3 Å². The van der Waals surface area contributed by atoms with Crippen LogP contribution < -0.4 is 4.90 Å². The molecule has 6 rings (SSSR count). The maximum atomic E-state index is 5.78. The average molecular weight is 456 g/mol. The number of ether oxygens (including phenoxy) is 2. The average Bonchev–Trinajstić information content (AvgIpc) is 3.53. The van der Waals surface area contributed by atoms with Crippen molar-refractivity contribution in [3.05, 3.63) is 83.2 Å². The lowest BCUT2D eigenvalue weighted by Crippen LogP contribution is -2.39. The Hall–Kier alpha value is -3.38. The van der Waals surface area contributed by atoms with Crippen molar-refractivity contribution in [3.8, 4) is 11.1 Å². The van der Waals surface area contributed by atoms with Gasteiger partial charge in [0.05, 0.1) is 36.3 Å². The van der Waals surface area contributed by atoms with Crippen LogP contribution in [0, 0.1) is 19.8 Å². The molecule has 3 aliphatic rings. The molecule has 2 aromatic heterocycles. The number of anilines is 1. The van der Waals surface area contributed by atoms with Crippen LogP contribution in [-0.2, 0) is 9.47 Å². The summed E-state index contributed by atoms with van der Waals surface area (Å²) in [5, 5.41) is 4.17. The van der Waals surface area contributed by atoms with Crippen LogP contribution in [0.2, 0.25) is 0 Å². The zero-order valence-electron chi connectivity index (χ0n) is 19.8. The number of fused-ring (bicyclic) bond motifs is 3. The van der Waals surface area contributed by atoms with Crippen molar-refractivity contribution < 1.29 is 14.0 Å². The van der Waals surface area contributed by atoms with Crippen LogP contribution in [0.25, 0.3) is 16.7 Å². The molecule has 1 fully saturated rings. The van der Waals surface area contributed by atoms with Crippen LogP contribution in [0.4, 0.5) is 5.69 Å². The zero-order chi connectivity index (χ0) is 23.2. The topological polar surface area (TPSA) is 60.6 Å². The Morgan fingerprint density at radius 2 is 1.91 bits per heavy atom. The summed E-state index contributed by atoms with van der Waals surface area (Å²) < 4.78 is 17.0. The number of hydrogen-bond donors (Lipinski definition) is 0. The van der Waals surface area contributed by atoms with Gasteiger partial charge in [-0.2, -0.15) is 0 Å². The number of nitrogens with zero attached hydrogens (tertiary/aromatic N) is 3. The van der Waals surface area contributed by atoms with E-state index in [1.165, 1.54) is 5.56 Å². The second kappa shape index (κ2) is 8.44. The first-order valence-corrected chi connectivity index (χ1v) is 12.0. The third-order valence-electron chi connectivity index (χ3n) is 7.39. The highest BCUT2D eigenvalue weighted by Crippen LogP contribution is 2.52. The maximum absolute atomic E-state index is 5.78. The van der Waals surface area contributed by atoms with Gasteiger partial charge in [-0.15, -0.1) is 0 Å². The molecule has 0 amide bonds. The molecule has 0 radical (unpaired) electrons. The van der Waals surface area contributed by atoms with Gasteiger partial charge in [-0.3, -0.25) is 4.98 Å². The Kier molecular flexibility index (Phi) is 5.26. The molecule has 0 N–H and O–H groups in total. The zero-order valence-corrected chi connectivity index (χ0v) is 19.8. The Bertz CT molecular complexity index is 1250. The molecule has 1 aromatic carbocycles. The number of rotatable bonds is 5. The molecule has 6 heteroatoms. The summed E-state index contributed by atoms with van der Waals surface area (Å²) in [5.74, 6) is 2.18. The predicted molar refractivity (Wildman–Crippen MR) is 131 cm³/mol. The van der Waals surface area contributed by atoms with Gasteiger partial charge in [0.1, 0.15) is 11.5 Å². The number of benzene rings is 1. The van der Waals surface area contributed by atoms with Gasteiger partial charge in [0.15, 0.2) is 0 Å². The van der Waals surface area contributed by atoms with E-state index in [2.05, 4.69) is 58.6 Å². The molecule has 0 bridgehead atoms. The summed E-state index contributed by atoms with van der Waals surface area (Å²) in [7, 11) is 1.74. The van der Waals surface area contributed by atoms with E-state index in [0.29, 0.717) is 5.92 Å². The molecule has 1 saturated heterocycles. The van der Waals surface area contributed by atoms with Gasteiger partial charge >= 0.3 is 0 Å². The number of aromatic nitrogens is 2. The minimum absolute atomic E-state index is 0.0884. The number of aryl methyl sites for hydroxylation is 2. The SMILES string of the molecule is COC1=C2c3ncc(-c4c(C)noc4C)cc3N([C@H](c3ccccc3)C3CCOCC3)C2C=C1. The first-order valence-electron chi connectivity index (χ1n) is 12.0. The quantitative estimate of drug-likeness (QED) is 0.496. The Morgan fingerprint density at radius 3 is 2.62 bits per heavy atom. The highest BCUT2D eigenvalue weighted by molar-refractivity contribution is 5.93. The van der Waals surface area contributed by atoms with E-state index in [-0.39, 0.29) is 12.1 Å². The molecule has 0 spiro atoms. The Labute approximate surface area is 199 Å². The van der Waals surface area contributed by atoms with Gasteiger partial charge in [-0.25, -0.2) is 0 Å². The maximum Gasteiger partial charge on any atom is 0.141 e. The minimum atomic E-state index is 0.0884. The van der Waals surface area contributed by atoms with Crippen molar-refractivity contribution in [3.63, 3.8) is 0 Å². The summed E-state index contributed by atoms with van der Waals surface area (Å²) in [6.07, 6.45) is 8.35. The van der Waals surface area contributed by atoms with Gasteiger partial charge in [0, 0.05) is 36.1 Å². The predicted octanol–water partition coefficient (Wildman–Crippen LogP) is 5.64. The fraction of sp³-hybridized carbons (Fsp3) is 0.357. The van der Waals surface area contributed by atoms with E-state index in [0.717, 1.165) is 71.4 Å². The molecule has 2 atom stereocenters. The van der Waals surface area contributed by atoms with Crippen LogP contribution in [0.1, 0.15) is 41.6 Å². The van der Waals surface area contributed by atoms with Gasteiger partial charge in [-0.1, -0.05) is 41.6 Å². The molecule has 34 heavy (non-hydrogen) atoms. The normalized spacial score (nSPS) is 20.6. The van der Waals surface area contributed by atoms with Crippen molar-refractivity contribution in [2.24, 2.45) is 5.92 Å². The Balaban J connectivity index is 1.55. The van der Waals surface area contributed by atoms with E-state index in [4.69, 9.17) is 19.0 Å². The van der Waals surface area contributed by atoms with E-state index in [1.54, 1.807) is 7.11 Å². The van der Waals surface area contributed by atoms with E-state index < -0.39 is 0 Å². The monoisotopic (exact) mass is 455 g/mol. The third-order valence-corrected chi connectivity index (χ3v) is 7.39. The molecule has 3 aromatic rings. The third kappa shape index (κ3) is 3.28. The minimum Gasteiger partial charge on any atom is -0.496 e. The fourth-order valence-electron chi connectivity index (χ4n) is 5.88. The van der Waals surface area contributed by atoms with Crippen molar-refractivity contribution in [1.29, 1.82) is 0 Å². The molecule has 174 valence electrons. The lowest BCUT2D eigenvalue weighted by atomic mass is 9.85. The van der Waals surface area contributed by atoms with Crippen molar-refractivity contribution in [2.45, 2.75) is 38.8 Å². The van der Waals surface area contributed by atoms with E-state index >= 15 is 0 Å². The summed E-state index contributed by atoms with van der Waals surface area (Å²) in [5.41, 5.74) is 7.53. The van der Waals surface area contributed by atoms with Crippen LogP contribution in [-0.4, -0.2) is 36.5 Å². The second-order valence-electron chi connectivity index (χ2n) is 9.29. The second-order valence-corrected chi connectivity index (χ2v) is 9.29. The van der Waals surface area contributed by atoms with Gasteiger partial charge < -0.3 is 18.9 Å². The van der Waals surface area contributed by atoms with Crippen molar-refractivity contribution in [1.82, 2.24) is 10.1 Å². The largest absolute Gasteiger partial charge is 0.496 e. The van der Waals surface area contributed by atoms with Crippen LogP contribution in [0.5, 0.6) is 0 Å². The number of allylic oxidation sites excluding steroid dienone is 1. The first-order chi connectivity index (χ1) is 16.7. The fourth-order valence-corrected chi connectivity index (χ4v) is 5.88. The highest BCUT2D eigenvalue weighted by atomic mass is 16.5. The molecule has 2 aliphatic heterocycles. The molecule has 6 nitrogen and oxygen atoms in total. The van der Waals surface area contributed by atoms with Crippen LogP contribution in [0.3, 0.4) is 0 Å². The van der Waals surface area contributed by atoms with Gasteiger partial charge in [0.2, 0.25) is 0 Å². The van der Waals surface area contributed by atoms with Gasteiger partial charge in [0.25, 0.3) is 0 Å². The standard InChI is InChI=1S/C28H29N3O3/c1-17-25(18(2)34-30-17)21-15-23-27(29-16-21)26-22(9-10-24(26)32-3)31(23)28(19-7-5-4-6-8-19)20-11-13-33-14-12-20/h4-10,15-16,20,22,28H,11-14H2,1-3H3/t22?,28-/m1/s1. The Morgan fingerprint density at radius 1 is 1.12 bits per heavy atom. The molecule has 4 heterocycles. The molecular formula is C28H29N3O3. The lowest BCUT2D eigenvalue weighted by Gasteiger charge is -2.41. The summed E-state index contributed by atoms with van der Waals surface area (Å²) in [4.78, 5) is 7.56. The first kappa shape index (κ1) is 21.2. The molecule has 1 aliphatic carbocycles. The smallest absolute Gasteiger partial charge is 0.141 e. The van der Waals surface area contributed by atoms with Crippen molar-refractivity contribution in [2.75, 3.05) is 25.2 Å².